The summed E-state index contributed by atoms with van der Waals surface area (Å²) in [6.07, 6.45) is 1.49. The second-order valence-electron chi connectivity index (χ2n) is 6.01. The maximum absolute atomic E-state index is 12.5. The van der Waals surface area contributed by atoms with Gasteiger partial charge in [0.25, 0.3) is 5.56 Å². The van der Waals surface area contributed by atoms with Crippen LogP contribution in [0.4, 0.5) is 0 Å². The lowest BCUT2D eigenvalue weighted by Gasteiger charge is -2.06. The van der Waals surface area contributed by atoms with Gasteiger partial charge in [0.15, 0.2) is 11.3 Å². The summed E-state index contributed by atoms with van der Waals surface area (Å²) >= 11 is 5.85. The Morgan fingerprint density at radius 3 is 2.26 bits per heavy atom. The summed E-state index contributed by atoms with van der Waals surface area (Å²) in [6.45, 7) is 0.394. The number of aromatic nitrogens is 4. The molecular weight excluding hydrogens is 368 g/mol. The summed E-state index contributed by atoms with van der Waals surface area (Å²) < 4.78 is 1.67. The van der Waals surface area contributed by atoms with E-state index in [0.717, 1.165) is 5.56 Å². The molecule has 0 fully saturated rings. The van der Waals surface area contributed by atoms with Gasteiger partial charge in [-0.25, -0.2) is 9.78 Å². The maximum Gasteiger partial charge on any atom is 0.327 e. The number of rotatable bonds is 4. The van der Waals surface area contributed by atoms with Crippen LogP contribution in [-0.4, -0.2) is 25.3 Å². The van der Waals surface area contributed by atoms with Gasteiger partial charge in [0, 0.05) is 16.1 Å². The van der Waals surface area contributed by atoms with Gasteiger partial charge >= 0.3 is 5.69 Å². The third-order valence-electron chi connectivity index (χ3n) is 4.19. The number of halogens is 1. The van der Waals surface area contributed by atoms with Gasteiger partial charge < -0.3 is 4.57 Å². The van der Waals surface area contributed by atoms with Crippen LogP contribution in [0.25, 0.3) is 11.2 Å². The van der Waals surface area contributed by atoms with E-state index in [9.17, 15) is 14.4 Å². The van der Waals surface area contributed by atoms with E-state index in [0.29, 0.717) is 28.3 Å². The number of aromatic amines is 2. The van der Waals surface area contributed by atoms with Crippen molar-refractivity contribution < 1.29 is 4.79 Å². The number of hydrogen-bond donors (Lipinski definition) is 2. The predicted molar refractivity (Wildman–Crippen MR) is 101 cm³/mol. The molecule has 27 heavy (non-hydrogen) atoms. The van der Waals surface area contributed by atoms with Crippen molar-refractivity contribution >= 4 is 28.5 Å². The first kappa shape index (κ1) is 17.0. The number of benzene rings is 2. The Balaban J connectivity index is 1.60. The second kappa shape index (κ2) is 6.69. The number of carbonyl (C=O) groups is 1. The van der Waals surface area contributed by atoms with Crippen LogP contribution >= 0.6 is 11.6 Å². The van der Waals surface area contributed by atoms with Crippen molar-refractivity contribution in [3.05, 3.63) is 97.4 Å². The smallest absolute Gasteiger partial charge is 0.312 e. The zero-order valence-electron chi connectivity index (χ0n) is 13.9. The van der Waals surface area contributed by atoms with Gasteiger partial charge in [0.1, 0.15) is 5.65 Å². The lowest BCUT2D eigenvalue weighted by molar-refractivity contribution is 0.103. The minimum atomic E-state index is -0.585. The van der Waals surface area contributed by atoms with E-state index >= 15 is 0 Å². The summed E-state index contributed by atoms with van der Waals surface area (Å²) in [5, 5.41) is 0.575. The van der Waals surface area contributed by atoms with Crippen LogP contribution in [0, 0.1) is 0 Å². The fraction of sp³-hybridized carbons (Fsp3) is 0.0526. The molecule has 0 spiro atoms. The van der Waals surface area contributed by atoms with E-state index in [2.05, 4.69) is 15.0 Å². The first-order valence-electron chi connectivity index (χ1n) is 8.08. The number of fused-ring (bicyclic) bond motifs is 1. The van der Waals surface area contributed by atoms with Crippen molar-refractivity contribution in [3.63, 3.8) is 0 Å². The van der Waals surface area contributed by atoms with Gasteiger partial charge in [-0.3, -0.25) is 19.6 Å². The van der Waals surface area contributed by atoms with Gasteiger partial charge in [-0.15, -0.1) is 0 Å². The van der Waals surface area contributed by atoms with Crippen molar-refractivity contribution in [2.45, 2.75) is 6.54 Å². The number of nitrogens with zero attached hydrogens (tertiary/aromatic N) is 2. The summed E-state index contributed by atoms with van der Waals surface area (Å²) in [6, 6.07) is 13.8. The van der Waals surface area contributed by atoms with E-state index < -0.39 is 11.2 Å². The molecule has 0 amide bonds. The normalized spacial score (nSPS) is 11.0. The highest BCUT2D eigenvalue weighted by molar-refractivity contribution is 6.30. The number of hydrogen-bond acceptors (Lipinski definition) is 4. The van der Waals surface area contributed by atoms with E-state index in [1.54, 1.807) is 41.0 Å². The van der Waals surface area contributed by atoms with Gasteiger partial charge in [-0.05, 0) is 29.8 Å². The molecule has 0 saturated carbocycles. The Morgan fingerprint density at radius 2 is 1.59 bits per heavy atom. The van der Waals surface area contributed by atoms with Crippen molar-refractivity contribution in [3.8, 4) is 0 Å². The Morgan fingerprint density at radius 1 is 0.963 bits per heavy atom. The van der Waals surface area contributed by atoms with E-state index in [1.165, 1.54) is 6.33 Å². The lowest BCUT2D eigenvalue weighted by Crippen LogP contribution is -2.22. The monoisotopic (exact) mass is 380 g/mol. The van der Waals surface area contributed by atoms with Crippen LogP contribution in [-0.2, 0) is 6.54 Å². The fourth-order valence-corrected chi connectivity index (χ4v) is 2.95. The van der Waals surface area contributed by atoms with E-state index in [-0.39, 0.29) is 11.3 Å². The Labute approximate surface area is 157 Å². The molecule has 2 N–H and O–H groups in total. The van der Waals surface area contributed by atoms with Gasteiger partial charge in [-0.1, -0.05) is 35.9 Å². The summed E-state index contributed by atoms with van der Waals surface area (Å²) in [5.74, 6) is -0.0952. The molecule has 0 aliphatic rings. The number of ketones is 1. The van der Waals surface area contributed by atoms with E-state index in [1.807, 2.05) is 12.1 Å². The zero-order chi connectivity index (χ0) is 19.0. The van der Waals surface area contributed by atoms with Crippen molar-refractivity contribution in [2.24, 2.45) is 0 Å². The molecule has 0 atom stereocenters. The predicted octanol–water partition coefficient (Wildman–Crippen LogP) is 2.35. The first-order valence-corrected chi connectivity index (χ1v) is 8.46. The van der Waals surface area contributed by atoms with Crippen LogP contribution in [0.1, 0.15) is 21.5 Å². The minimum Gasteiger partial charge on any atom is -0.312 e. The molecule has 0 saturated heterocycles. The number of H-pyrrole nitrogens is 2. The van der Waals surface area contributed by atoms with Crippen LogP contribution < -0.4 is 11.2 Å². The standard InChI is InChI=1S/C19H13ClN4O3/c20-14-7-5-13(6-8-14)16(25)12-3-1-11(2-4-12)9-24-10-21-15-17(24)22-19(27)23-18(15)26/h1-8,10H,9H2,(H2,22,23,26,27). The largest absolute Gasteiger partial charge is 0.327 e. The lowest BCUT2D eigenvalue weighted by atomic mass is 10.0. The molecule has 2 heterocycles. The van der Waals surface area contributed by atoms with Gasteiger partial charge in [0.2, 0.25) is 0 Å². The zero-order valence-corrected chi connectivity index (χ0v) is 14.7. The highest BCUT2D eigenvalue weighted by Crippen LogP contribution is 2.15. The molecular formula is C19H13ClN4O3. The Hall–Kier alpha value is -3.45. The number of carbonyl (C=O) groups excluding carboxylic acids is 1. The average Bonchev–Trinajstić information content (AvgIpc) is 3.05. The summed E-state index contributed by atoms with van der Waals surface area (Å²) in [5.41, 5.74) is 1.41. The molecule has 7 nitrogen and oxygen atoms in total. The fourth-order valence-electron chi connectivity index (χ4n) is 2.83. The third-order valence-corrected chi connectivity index (χ3v) is 4.44. The molecule has 4 rings (SSSR count). The Kier molecular flexibility index (Phi) is 4.21. The average molecular weight is 381 g/mol. The molecule has 0 radical (unpaired) electrons. The quantitative estimate of drug-likeness (QED) is 0.530. The van der Waals surface area contributed by atoms with Crippen LogP contribution in [0.2, 0.25) is 5.02 Å². The Bertz CT molecular complexity index is 1250. The van der Waals surface area contributed by atoms with Crippen molar-refractivity contribution in [2.75, 3.05) is 0 Å². The van der Waals surface area contributed by atoms with Gasteiger partial charge in [-0.2, -0.15) is 0 Å². The summed E-state index contributed by atoms with van der Waals surface area (Å²) in [7, 11) is 0. The highest BCUT2D eigenvalue weighted by Gasteiger charge is 2.11. The molecule has 0 aliphatic heterocycles. The SMILES string of the molecule is O=C(c1ccc(Cl)cc1)c1ccc(Cn2cnc3c(=O)[nH]c(=O)[nH]c32)cc1. The molecule has 2 aromatic heterocycles. The van der Waals surface area contributed by atoms with Crippen molar-refractivity contribution in [1.29, 1.82) is 0 Å². The minimum absolute atomic E-state index is 0.0952. The topological polar surface area (TPSA) is 101 Å². The van der Waals surface area contributed by atoms with Crippen molar-refractivity contribution in [1.82, 2.24) is 19.5 Å². The van der Waals surface area contributed by atoms with Crippen LogP contribution in [0.3, 0.4) is 0 Å². The second-order valence-corrected chi connectivity index (χ2v) is 6.45. The molecule has 134 valence electrons. The molecule has 0 aliphatic carbocycles. The first-order chi connectivity index (χ1) is 13.0. The van der Waals surface area contributed by atoms with Crippen LogP contribution in [0.5, 0.6) is 0 Å². The van der Waals surface area contributed by atoms with E-state index in [4.69, 9.17) is 11.6 Å². The molecule has 8 heteroatoms. The number of nitrogens with one attached hydrogen (secondary N) is 2. The highest BCUT2D eigenvalue weighted by atomic mass is 35.5. The maximum atomic E-state index is 12.5. The molecule has 0 bridgehead atoms. The molecule has 4 aromatic rings. The summed E-state index contributed by atoms with van der Waals surface area (Å²) in [4.78, 5) is 44.5. The molecule has 2 aromatic carbocycles. The van der Waals surface area contributed by atoms with Crippen LogP contribution in [0.15, 0.2) is 64.4 Å². The number of imidazole rings is 1. The van der Waals surface area contributed by atoms with Gasteiger partial charge in [0.05, 0.1) is 12.9 Å². The third kappa shape index (κ3) is 3.32. The molecule has 0 unspecified atom stereocenters.